The number of hydrogen-bond donors (Lipinski definition) is 2. The van der Waals surface area contributed by atoms with Gasteiger partial charge in [0.1, 0.15) is 11.6 Å². The highest BCUT2D eigenvalue weighted by Gasteiger charge is 2.21. The Bertz CT molecular complexity index is 1380. The van der Waals surface area contributed by atoms with Gasteiger partial charge in [-0.15, -0.1) is 0 Å². The Kier molecular flexibility index (Phi) is 5.03. The molecule has 0 fully saturated rings. The molecule has 0 aliphatic carbocycles. The molecule has 2 aromatic carbocycles. The molecule has 2 N–H and O–H groups in total. The Morgan fingerprint density at radius 1 is 1.06 bits per heavy atom. The second kappa shape index (κ2) is 7.96. The second-order valence-corrected chi connectivity index (χ2v) is 6.69. The molecule has 152 valence electrons. The zero-order chi connectivity index (χ0) is 22.0. The van der Waals surface area contributed by atoms with E-state index in [1.807, 2.05) is 25.1 Å². The van der Waals surface area contributed by atoms with Gasteiger partial charge in [0, 0.05) is 6.07 Å². The number of nitrogens with zero attached hydrogens (tertiary/aromatic N) is 5. The first-order chi connectivity index (χ1) is 15.0. The number of para-hydroxylation sites is 1. The number of amides is 1. The molecule has 0 saturated carbocycles. The van der Waals surface area contributed by atoms with Gasteiger partial charge in [-0.25, -0.2) is 4.68 Å². The number of anilines is 1. The highest BCUT2D eigenvalue weighted by atomic mass is 16.3. The minimum absolute atomic E-state index is 0.119. The van der Waals surface area contributed by atoms with Gasteiger partial charge >= 0.3 is 0 Å². The number of nitrogens with one attached hydrogen (secondary N) is 1. The van der Waals surface area contributed by atoms with Gasteiger partial charge in [0.25, 0.3) is 11.5 Å². The van der Waals surface area contributed by atoms with Crippen molar-refractivity contribution in [3.63, 3.8) is 0 Å². The number of rotatable bonds is 4. The highest BCUT2D eigenvalue weighted by molar-refractivity contribution is 6.04. The van der Waals surface area contributed by atoms with E-state index in [4.69, 9.17) is 0 Å². The lowest BCUT2D eigenvalue weighted by Crippen LogP contribution is -2.26. The van der Waals surface area contributed by atoms with Crippen LogP contribution in [0.15, 0.2) is 71.7 Å². The highest BCUT2D eigenvalue weighted by Crippen LogP contribution is 2.22. The summed E-state index contributed by atoms with van der Waals surface area (Å²) in [6, 6.07) is 18.8. The van der Waals surface area contributed by atoms with Crippen LogP contribution in [0.3, 0.4) is 0 Å². The summed E-state index contributed by atoms with van der Waals surface area (Å²) in [7, 11) is 0. The van der Waals surface area contributed by atoms with Gasteiger partial charge in [0.2, 0.25) is 0 Å². The normalized spacial score (nSPS) is 10.5. The minimum atomic E-state index is -0.798. The molecule has 0 atom stereocenters. The molecule has 1 amide bonds. The van der Waals surface area contributed by atoms with Crippen LogP contribution in [0, 0.1) is 18.3 Å². The van der Waals surface area contributed by atoms with E-state index in [1.165, 1.54) is 10.9 Å². The van der Waals surface area contributed by atoms with Gasteiger partial charge in [-0.3, -0.25) is 9.59 Å². The smallest absolute Gasteiger partial charge is 0.281 e. The van der Waals surface area contributed by atoms with E-state index in [1.54, 1.807) is 42.5 Å². The molecule has 0 aliphatic heterocycles. The van der Waals surface area contributed by atoms with Crippen molar-refractivity contribution in [2.24, 2.45) is 0 Å². The summed E-state index contributed by atoms with van der Waals surface area (Å²) in [6.45, 7) is 1.86. The summed E-state index contributed by atoms with van der Waals surface area (Å²) in [6.07, 6.45) is 1.32. The lowest BCUT2D eigenvalue weighted by molar-refractivity contribution is 0.101. The second-order valence-electron chi connectivity index (χ2n) is 6.69. The quantitative estimate of drug-likeness (QED) is 0.531. The van der Waals surface area contributed by atoms with E-state index in [-0.39, 0.29) is 17.1 Å². The predicted octanol–water partition coefficient (Wildman–Crippen LogP) is 2.56. The van der Waals surface area contributed by atoms with E-state index in [2.05, 4.69) is 15.5 Å². The average molecular weight is 412 g/mol. The molecule has 2 heterocycles. The van der Waals surface area contributed by atoms with Crippen molar-refractivity contribution < 1.29 is 9.90 Å². The van der Waals surface area contributed by atoms with Crippen molar-refractivity contribution in [1.82, 2.24) is 19.6 Å². The fraction of sp³-hybridized carbons (Fsp3) is 0.0455. The van der Waals surface area contributed by atoms with Crippen LogP contribution in [-0.4, -0.2) is 30.6 Å². The van der Waals surface area contributed by atoms with E-state index in [0.29, 0.717) is 11.4 Å². The molecule has 0 radical (unpaired) electrons. The molecular formula is C22H16N6O3. The summed E-state index contributed by atoms with van der Waals surface area (Å²) < 4.78 is 2.42. The number of nitriles is 1. The molecule has 0 bridgehead atoms. The topological polar surface area (TPSA) is 126 Å². The molecule has 0 spiro atoms. The summed E-state index contributed by atoms with van der Waals surface area (Å²) >= 11 is 0. The van der Waals surface area contributed by atoms with Crippen molar-refractivity contribution in [1.29, 1.82) is 5.26 Å². The molecule has 31 heavy (non-hydrogen) atoms. The van der Waals surface area contributed by atoms with Crippen molar-refractivity contribution in [3.05, 3.63) is 94.0 Å². The van der Waals surface area contributed by atoms with E-state index in [9.17, 15) is 20.0 Å². The standard InChI is InChI=1S/C22H16N6O3/c1-14-6-5-9-17(10-14)27-19(30)11-18(29)20(26-27)22(31)25-21-15(12-23)13-24-28(21)16-7-3-2-4-8-16/h2-11,13,29H,1H3,(H,25,31). The molecule has 4 aromatic rings. The lowest BCUT2D eigenvalue weighted by atomic mass is 10.2. The Morgan fingerprint density at radius 2 is 1.81 bits per heavy atom. The van der Waals surface area contributed by atoms with Crippen LogP contribution in [0.2, 0.25) is 0 Å². The largest absolute Gasteiger partial charge is 0.505 e. The SMILES string of the molecule is Cc1cccc(-n2nc(C(=O)Nc3c(C#N)cnn3-c3ccccc3)c(O)cc2=O)c1. The number of benzene rings is 2. The molecule has 9 nitrogen and oxygen atoms in total. The van der Waals surface area contributed by atoms with Crippen molar-refractivity contribution in [3.8, 4) is 23.2 Å². The van der Waals surface area contributed by atoms with Gasteiger partial charge in [-0.2, -0.15) is 20.1 Å². The lowest BCUT2D eigenvalue weighted by Gasteiger charge is -2.11. The number of hydrogen-bond acceptors (Lipinski definition) is 6. The maximum atomic E-state index is 12.9. The van der Waals surface area contributed by atoms with E-state index >= 15 is 0 Å². The zero-order valence-corrected chi connectivity index (χ0v) is 16.4. The van der Waals surface area contributed by atoms with Crippen LogP contribution < -0.4 is 10.9 Å². The maximum absolute atomic E-state index is 12.9. The van der Waals surface area contributed by atoms with Crippen molar-refractivity contribution >= 4 is 11.7 Å². The Labute approximate surface area is 176 Å². The van der Waals surface area contributed by atoms with Gasteiger partial charge in [0.15, 0.2) is 17.3 Å². The van der Waals surface area contributed by atoms with Crippen LogP contribution in [0.5, 0.6) is 5.75 Å². The molecule has 4 rings (SSSR count). The number of carbonyl (C=O) groups excluding carboxylic acids is 1. The number of aryl methyl sites for hydroxylation is 1. The first kappa shape index (κ1) is 19.6. The fourth-order valence-corrected chi connectivity index (χ4v) is 3.04. The van der Waals surface area contributed by atoms with Crippen LogP contribution >= 0.6 is 0 Å². The predicted molar refractivity (Wildman–Crippen MR) is 112 cm³/mol. The van der Waals surface area contributed by atoms with Crippen LogP contribution in [0.4, 0.5) is 5.82 Å². The van der Waals surface area contributed by atoms with E-state index < -0.39 is 17.2 Å². The molecule has 0 saturated heterocycles. The van der Waals surface area contributed by atoms with Crippen molar-refractivity contribution in [2.45, 2.75) is 6.92 Å². The third-order valence-electron chi connectivity index (χ3n) is 4.50. The average Bonchev–Trinajstić information content (AvgIpc) is 3.16. The first-order valence-corrected chi connectivity index (χ1v) is 9.23. The van der Waals surface area contributed by atoms with Gasteiger partial charge in [-0.1, -0.05) is 30.3 Å². The fourth-order valence-electron chi connectivity index (χ4n) is 3.04. The molecule has 2 aromatic heterocycles. The molecule has 9 heteroatoms. The van der Waals surface area contributed by atoms with E-state index in [0.717, 1.165) is 16.3 Å². The maximum Gasteiger partial charge on any atom is 0.281 e. The van der Waals surface area contributed by atoms with Crippen LogP contribution in [0.1, 0.15) is 21.6 Å². The summed E-state index contributed by atoms with van der Waals surface area (Å²) in [4.78, 5) is 25.3. The Hall–Kier alpha value is -4.71. The van der Waals surface area contributed by atoms with Gasteiger partial charge in [-0.05, 0) is 36.8 Å². The Morgan fingerprint density at radius 3 is 2.52 bits per heavy atom. The van der Waals surface area contributed by atoms with Crippen molar-refractivity contribution in [2.75, 3.05) is 5.32 Å². The molecule has 0 unspecified atom stereocenters. The summed E-state index contributed by atoms with van der Waals surface area (Å²) in [5, 5.41) is 30.4. The number of aromatic hydroxyl groups is 1. The first-order valence-electron chi connectivity index (χ1n) is 9.23. The summed E-state index contributed by atoms with van der Waals surface area (Å²) in [5.74, 6) is -1.25. The van der Waals surface area contributed by atoms with Crippen LogP contribution in [-0.2, 0) is 0 Å². The minimum Gasteiger partial charge on any atom is -0.505 e. The monoisotopic (exact) mass is 412 g/mol. The third-order valence-corrected chi connectivity index (χ3v) is 4.50. The summed E-state index contributed by atoms with van der Waals surface area (Å²) in [5.41, 5.74) is 1.14. The Balaban J connectivity index is 1.75. The van der Waals surface area contributed by atoms with Gasteiger partial charge < -0.3 is 10.4 Å². The number of carbonyl (C=O) groups is 1. The van der Waals surface area contributed by atoms with Crippen LogP contribution in [0.25, 0.3) is 11.4 Å². The molecule has 0 aliphatic rings. The molecular weight excluding hydrogens is 396 g/mol. The third kappa shape index (κ3) is 3.77. The zero-order valence-electron chi connectivity index (χ0n) is 16.4. The van der Waals surface area contributed by atoms with Gasteiger partial charge in [0.05, 0.1) is 17.6 Å². The number of aromatic nitrogens is 4.